The lowest BCUT2D eigenvalue weighted by Gasteiger charge is -2.27. The van der Waals surface area contributed by atoms with Crippen molar-refractivity contribution in [3.8, 4) is 0 Å². The number of benzene rings is 2. The summed E-state index contributed by atoms with van der Waals surface area (Å²) in [6.07, 6.45) is 3.59. The van der Waals surface area contributed by atoms with Crippen molar-refractivity contribution in [3.63, 3.8) is 0 Å². The van der Waals surface area contributed by atoms with Crippen LogP contribution in [0, 0.1) is 0 Å². The molecule has 158 valence electrons. The summed E-state index contributed by atoms with van der Waals surface area (Å²) in [4.78, 5) is 37.5. The van der Waals surface area contributed by atoms with Crippen LogP contribution >= 0.6 is 0 Å². The molecule has 1 N–H and O–H groups in total. The number of rotatable bonds is 8. The van der Waals surface area contributed by atoms with Crippen molar-refractivity contribution >= 4 is 17.8 Å². The number of nitrogens with one attached hydrogen (secondary N) is 1. The number of esters is 2. The number of methoxy groups -OCH3 is 1. The smallest absolute Gasteiger partial charge is 0.328 e. The lowest BCUT2D eigenvalue weighted by atomic mass is 9.79. The van der Waals surface area contributed by atoms with Gasteiger partial charge in [0.25, 0.3) is 5.91 Å². The van der Waals surface area contributed by atoms with E-state index in [1.807, 2.05) is 60.7 Å². The van der Waals surface area contributed by atoms with Crippen LogP contribution in [-0.2, 0) is 35.7 Å². The second-order valence-corrected chi connectivity index (χ2v) is 7.56. The molecule has 0 radical (unpaired) electrons. The Bertz CT molecular complexity index is 860. The monoisotopic (exact) mass is 409 g/mol. The minimum atomic E-state index is -0.849. The predicted octanol–water partition coefficient (Wildman–Crippen LogP) is 2.94. The molecule has 0 aromatic heterocycles. The summed E-state index contributed by atoms with van der Waals surface area (Å²) in [5, 5.41) is 2.62. The minimum Gasteiger partial charge on any atom is -0.467 e. The molecule has 0 unspecified atom stereocenters. The zero-order valence-corrected chi connectivity index (χ0v) is 17.1. The zero-order valence-electron chi connectivity index (χ0n) is 17.1. The molecule has 6 nitrogen and oxygen atoms in total. The maximum atomic E-state index is 12.9. The van der Waals surface area contributed by atoms with E-state index < -0.39 is 29.9 Å². The molecule has 1 fully saturated rings. The Morgan fingerprint density at radius 3 is 2.17 bits per heavy atom. The van der Waals surface area contributed by atoms with Crippen LogP contribution in [-0.4, -0.2) is 37.6 Å². The third-order valence-electron chi connectivity index (χ3n) is 5.61. The average Bonchev–Trinajstić information content (AvgIpc) is 3.29. The standard InChI is InChI=1S/C24H27NO5/c1-29-22(27)20(16-18-10-4-2-5-11-18)25-21(26)17-30-23(28)24(14-8-9-15-24)19-12-6-3-7-13-19/h2-7,10-13,20H,8-9,14-17H2,1H3,(H,25,26)/t20-/m0/s1. The highest BCUT2D eigenvalue weighted by Gasteiger charge is 2.44. The number of hydrogen-bond donors (Lipinski definition) is 1. The normalized spacial score (nSPS) is 15.8. The van der Waals surface area contributed by atoms with Gasteiger partial charge in [0.15, 0.2) is 6.61 Å². The number of carbonyl (C=O) groups is 3. The van der Waals surface area contributed by atoms with Gasteiger partial charge in [-0.1, -0.05) is 73.5 Å². The molecule has 0 aliphatic heterocycles. The second-order valence-electron chi connectivity index (χ2n) is 7.56. The van der Waals surface area contributed by atoms with Crippen molar-refractivity contribution in [1.82, 2.24) is 5.32 Å². The molecular weight excluding hydrogens is 382 g/mol. The van der Waals surface area contributed by atoms with Gasteiger partial charge < -0.3 is 14.8 Å². The van der Waals surface area contributed by atoms with Crippen LogP contribution in [0.2, 0.25) is 0 Å². The molecule has 2 aromatic carbocycles. The van der Waals surface area contributed by atoms with Crippen LogP contribution in [0.3, 0.4) is 0 Å². The number of ether oxygens (including phenoxy) is 2. The van der Waals surface area contributed by atoms with Crippen LogP contribution in [0.4, 0.5) is 0 Å². The Morgan fingerprint density at radius 2 is 1.57 bits per heavy atom. The maximum absolute atomic E-state index is 12.9. The van der Waals surface area contributed by atoms with Gasteiger partial charge in [-0.25, -0.2) is 4.79 Å². The van der Waals surface area contributed by atoms with Crippen molar-refractivity contribution in [3.05, 3.63) is 71.8 Å². The number of hydrogen-bond acceptors (Lipinski definition) is 5. The third kappa shape index (κ3) is 5.06. The quantitative estimate of drug-likeness (QED) is 0.678. The first-order valence-corrected chi connectivity index (χ1v) is 10.2. The average molecular weight is 409 g/mol. The Morgan fingerprint density at radius 1 is 0.967 bits per heavy atom. The summed E-state index contributed by atoms with van der Waals surface area (Å²) in [7, 11) is 1.27. The van der Waals surface area contributed by atoms with Gasteiger partial charge in [-0.15, -0.1) is 0 Å². The zero-order chi connectivity index (χ0) is 21.4. The van der Waals surface area contributed by atoms with E-state index in [1.54, 1.807) is 0 Å². The highest BCUT2D eigenvalue weighted by molar-refractivity contribution is 5.89. The largest absolute Gasteiger partial charge is 0.467 e. The molecule has 1 aliphatic carbocycles. The molecule has 1 saturated carbocycles. The highest BCUT2D eigenvalue weighted by atomic mass is 16.5. The van der Waals surface area contributed by atoms with Crippen molar-refractivity contribution in [2.45, 2.75) is 43.6 Å². The molecular formula is C24H27NO5. The lowest BCUT2D eigenvalue weighted by molar-refractivity contribution is -0.155. The van der Waals surface area contributed by atoms with Gasteiger partial charge in [0.05, 0.1) is 12.5 Å². The fourth-order valence-electron chi connectivity index (χ4n) is 4.04. The van der Waals surface area contributed by atoms with Crippen LogP contribution in [0.1, 0.15) is 36.8 Å². The summed E-state index contributed by atoms with van der Waals surface area (Å²) >= 11 is 0. The Kier molecular flexibility index (Phi) is 7.22. The van der Waals surface area contributed by atoms with Gasteiger partial charge in [-0.3, -0.25) is 9.59 Å². The summed E-state index contributed by atoms with van der Waals surface area (Å²) < 4.78 is 10.2. The van der Waals surface area contributed by atoms with Crippen LogP contribution in [0.25, 0.3) is 0 Å². The van der Waals surface area contributed by atoms with Gasteiger partial charge in [-0.05, 0) is 24.0 Å². The fourth-order valence-corrected chi connectivity index (χ4v) is 4.04. The van der Waals surface area contributed by atoms with E-state index in [0.717, 1.165) is 24.0 Å². The van der Waals surface area contributed by atoms with Gasteiger partial charge in [0.1, 0.15) is 6.04 Å². The Hall–Kier alpha value is -3.15. The summed E-state index contributed by atoms with van der Waals surface area (Å²) in [6, 6.07) is 18.1. The van der Waals surface area contributed by atoms with Crippen LogP contribution < -0.4 is 5.32 Å². The first-order chi connectivity index (χ1) is 14.5. The maximum Gasteiger partial charge on any atom is 0.328 e. The second kappa shape index (κ2) is 10.1. The van der Waals surface area contributed by atoms with E-state index >= 15 is 0 Å². The van der Waals surface area contributed by atoms with Crippen molar-refractivity contribution in [2.24, 2.45) is 0 Å². The molecule has 1 aliphatic rings. The SMILES string of the molecule is COC(=O)[C@H](Cc1ccccc1)NC(=O)COC(=O)C1(c2ccccc2)CCCC1. The molecule has 1 amide bonds. The van der Waals surface area contributed by atoms with Gasteiger partial charge >= 0.3 is 11.9 Å². The fraction of sp³-hybridized carbons (Fsp3) is 0.375. The van der Waals surface area contributed by atoms with E-state index in [-0.39, 0.29) is 5.97 Å². The Balaban J connectivity index is 1.61. The third-order valence-corrected chi connectivity index (χ3v) is 5.61. The van der Waals surface area contributed by atoms with Crippen LogP contribution in [0.5, 0.6) is 0 Å². The summed E-state index contributed by atoms with van der Waals surface area (Å²) in [6.45, 7) is -0.435. The molecule has 0 bridgehead atoms. The number of amides is 1. The van der Waals surface area contributed by atoms with E-state index in [0.29, 0.717) is 19.3 Å². The van der Waals surface area contributed by atoms with Crippen molar-refractivity contribution in [1.29, 1.82) is 0 Å². The van der Waals surface area contributed by atoms with Crippen LogP contribution in [0.15, 0.2) is 60.7 Å². The molecule has 30 heavy (non-hydrogen) atoms. The first-order valence-electron chi connectivity index (χ1n) is 10.2. The van der Waals surface area contributed by atoms with Gasteiger partial charge in [0, 0.05) is 6.42 Å². The molecule has 0 saturated heterocycles. The predicted molar refractivity (Wildman–Crippen MR) is 112 cm³/mol. The molecule has 1 atom stereocenters. The molecule has 6 heteroatoms. The lowest BCUT2D eigenvalue weighted by Crippen LogP contribution is -2.45. The van der Waals surface area contributed by atoms with E-state index in [9.17, 15) is 14.4 Å². The van der Waals surface area contributed by atoms with Crippen molar-refractivity contribution in [2.75, 3.05) is 13.7 Å². The first kappa shape index (κ1) is 21.6. The minimum absolute atomic E-state index is 0.293. The van der Waals surface area contributed by atoms with E-state index in [1.165, 1.54) is 7.11 Å². The molecule has 0 spiro atoms. The van der Waals surface area contributed by atoms with E-state index in [4.69, 9.17) is 9.47 Å². The highest BCUT2D eigenvalue weighted by Crippen LogP contribution is 2.42. The number of carbonyl (C=O) groups excluding carboxylic acids is 3. The Labute approximate surface area is 176 Å². The summed E-state index contributed by atoms with van der Waals surface area (Å²) in [5.74, 6) is -1.47. The summed E-state index contributed by atoms with van der Waals surface area (Å²) in [5.41, 5.74) is 1.11. The molecule has 2 aromatic rings. The van der Waals surface area contributed by atoms with Crippen molar-refractivity contribution < 1.29 is 23.9 Å². The van der Waals surface area contributed by atoms with E-state index in [2.05, 4.69) is 5.32 Å². The molecule has 3 rings (SSSR count). The topological polar surface area (TPSA) is 81.7 Å². The van der Waals surface area contributed by atoms with Gasteiger partial charge in [0.2, 0.25) is 0 Å². The molecule has 0 heterocycles. The van der Waals surface area contributed by atoms with Gasteiger partial charge in [-0.2, -0.15) is 0 Å².